The van der Waals surface area contributed by atoms with Crippen molar-refractivity contribution in [2.45, 2.75) is 30.3 Å². The Morgan fingerprint density at radius 3 is 2.62 bits per heavy atom. The molecule has 0 aliphatic carbocycles. The summed E-state index contributed by atoms with van der Waals surface area (Å²) < 4.78 is 42.9. The summed E-state index contributed by atoms with van der Waals surface area (Å²) in [5, 5.41) is 1.18. The maximum Gasteiger partial charge on any atom is 0.240 e. The van der Waals surface area contributed by atoms with Gasteiger partial charge in [-0.15, -0.1) is 0 Å². The molecule has 124 valence electrons. The van der Waals surface area contributed by atoms with Gasteiger partial charge in [-0.2, -0.15) is 0 Å². The van der Waals surface area contributed by atoms with Gasteiger partial charge in [0.2, 0.25) is 10.0 Å². The molecule has 1 aliphatic heterocycles. The molecule has 1 aromatic heterocycles. The molecule has 3 aromatic rings. The third-order valence-electron chi connectivity index (χ3n) is 4.49. The Morgan fingerprint density at radius 2 is 1.83 bits per heavy atom. The van der Waals surface area contributed by atoms with Gasteiger partial charge >= 0.3 is 0 Å². The van der Waals surface area contributed by atoms with E-state index in [1.54, 1.807) is 0 Å². The Kier molecular flexibility index (Phi) is 3.66. The van der Waals surface area contributed by atoms with Gasteiger partial charge in [0, 0.05) is 23.8 Å². The predicted octanol–water partition coefficient (Wildman–Crippen LogP) is 3.07. The van der Waals surface area contributed by atoms with E-state index in [9.17, 15) is 12.8 Å². The second kappa shape index (κ2) is 5.72. The van der Waals surface area contributed by atoms with Gasteiger partial charge in [0.05, 0.1) is 4.90 Å². The van der Waals surface area contributed by atoms with Gasteiger partial charge < -0.3 is 4.57 Å². The molecule has 4 nitrogen and oxygen atoms in total. The quantitative estimate of drug-likeness (QED) is 0.794. The van der Waals surface area contributed by atoms with E-state index >= 15 is 0 Å². The summed E-state index contributed by atoms with van der Waals surface area (Å²) in [7, 11) is -3.65. The van der Waals surface area contributed by atoms with Gasteiger partial charge in [-0.25, -0.2) is 17.5 Å². The van der Waals surface area contributed by atoms with Crippen molar-refractivity contribution in [1.82, 2.24) is 9.29 Å². The van der Waals surface area contributed by atoms with E-state index in [4.69, 9.17) is 0 Å². The highest BCUT2D eigenvalue weighted by Gasteiger charge is 2.25. The number of hydrogen-bond acceptors (Lipinski definition) is 2. The number of para-hydroxylation sites is 1. The van der Waals surface area contributed by atoms with Crippen LogP contribution in [0.1, 0.15) is 12.1 Å². The van der Waals surface area contributed by atoms with Gasteiger partial charge in [-0.1, -0.05) is 18.2 Å². The fourth-order valence-corrected chi connectivity index (χ4v) is 4.58. The monoisotopic (exact) mass is 344 g/mol. The van der Waals surface area contributed by atoms with Crippen LogP contribution in [-0.4, -0.2) is 19.0 Å². The highest BCUT2D eigenvalue weighted by Crippen LogP contribution is 2.26. The molecule has 0 bridgehead atoms. The first-order valence-electron chi connectivity index (χ1n) is 7.88. The summed E-state index contributed by atoms with van der Waals surface area (Å²) in [6.45, 7) is 0.600. The molecule has 24 heavy (non-hydrogen) atoms. The van der Waals surface area contributed by atoms with Crippen molar-refractivity contribution in [1.29, 1.82) is 0 Å². The third kappa shape index (κ3) is 2.72. The molecule has 1 aliphatic rings. The van der Waals surface area contributed by atoms with Gasteiger partial charge in [0.25, 0.3) is 0 Å². The lowest BCUT2D eigenvalue weighted by atomic mass is 10.1. The first kappa shape index (κ1) is 15.4. The van der Waals surface area contributed by atoms with Crippen LogP contribution >= 0.6 is 0 Å². The highest BCUT2D eigenvalue weighted by atomic mass is 32.2. The zero-order valence-corrected chi connectivity index (χ0v) is 13.8. The Hall–Kier alpha value is -2.18. The van der Waals surface area contributed by atoms with E-state index in [2.05, 4.69) is 27.5 Å². The Balaban J connectivity index is 1.59. The minimum absolute atomic E-state index is 0.0899. The molecule has 1 atom stereocenters. The summed E-state index contributed by atoms with van der Waals surface area (Å²) in [6.07, 6.45) is 1.57. The highest BCUT2D eigenvalue weighted by molar-refractivity contribution is 7.89. The van der Waals surface area contributed by atoms with Crippen molar-refractivity contribution < 1.29 is 12.8 Å². The molecule has 0 saturated heterocycles. The molecular formula is C18H17FN2O2S. The Labute approximate surface area is 140 Å². The van der Waals surface area contributed by atoms with Crippen LogP contribution in [-0.2, 0) is 23.0 Å². The van der Waals surface area contributed by atoms with Crippen LogP contribution in [0.2, 0.25) is 0 Å². The number of benzene rings is 2. The molecular weight excluding hydrogens is 327 g/mol. The summed E-state index contributed by atoms with van der Waals surface area (Å²) in [5.41, 5.74) is 2.35. The number of sulfonamides is 1. The SMILES string of the molecule is O=S(=O)(N[C@@H]1CCc2cc3ccccc3n2C1)c1ccc(F)cc1. The predicted molar refractivity (Wildman–Crippen MR) is 90.8 cm³/mol. The van der Waals surface area contributed by atoms with Crippen molar-refractivity contribution in [2.24, 2.45) is 0 Å². The van der Waals surface area contributed by atoms with Crippen molar-refractivity contribution in [3.05, 3.63) is 66.1 Å². The van der Waals surface area contributed by atoms with E-state index < -0.39 is 15.8 Å². The van der Waals surface area contributed by atoms with Crippen LogP contribution in [0.3, 0.4) is 0 Å². The molecule has 0 spiro atoms. The number of hydrogen-bond donors (Lipinski definition) is 1. The molecule has 2 aromatic carbocycles. The zero-order valence-electron chi connectivity index (χ0n) is 12.9. The Bertz CT molecular complexity index is 994. The average molecular weight is 344 g/mol. The molecule has 0 saturated carbocycles. The van der Waals surface area contributed by atoms with Crippen LogP contribution in [0, 0.1) is 5.82 Å². The van der Waals surface area contributed by atoms with Crippen molar-refractivity contribution in [3.63, 3.8) is 0 Å². The number of rotatable bonds is 3. The molecule has 0 radical (unpaired) electrons. The fraction of sp³-hybridized carbons (Fsp3) is 0.222. The second-order valence-corrected chi connectivity index (χ2v) is 7.83. The maximum atomic E-state index is 13.0. The Morgan fingerprint density at radius 1 is 1.08 bits per heavy atom. The minimum atomic E-state index is -3.65. The smallest absolute Gasteiger partial charge is 0.240 e. The lowest BCUT2D eigenvalue weighted by molar-refractivity contribution is 0.433. The summed E-state index contributed by atoms with van der Waals surface area (Å²) in [6, 6.07) is 15.0. The molecule has 6 heteroatoms. The van der Waals surface area contributed by atoms with Gasteiger partial charge in [0.1, 0.15) is 5.82 Å². The molecule has 0 fully saturated rings. The van der Waals surface area contributed by atoms with Crippen LogP contribution in [0.4, 0.5) is 4.39 Å². The molecule has 0 amide bonds. The van der Waals surface area contributed by atoms with E-state index in [-0.39, 0.29) is 10.9 Å². The van der Waals surface area contributed by atoms with Crippen LogP contribution < -0.4 is 4.72 Å². The molecule has 1 N–H and O–H groups in total. The first-order valence-corrected chi connectivity index (χ1v) is 9.36. The van der Waals surface area contributed by atoms with Crippen LogP contribution in [0.5, 0.6) is 0 Å². The number of aromatic nitrogens is 1. The number of aryl methyl sites for hydroxylation is 1. The van der Waals surface area contributed by atoms with Crippen molar-refractivity contribution >= 4 is 20.9 Å². The van der Waals surface area contributed by atoms with Gasteiger partial charge in [0.15, 0.2) is 0 Å². The number of nitrogens with one attached hydrogen (secondary N) is 1. The van der Waals surface area contributed by atoms with E-state index in [1.165, 1.54) is 23.2 Å². The van der Waals surface area contributed by atoms with Crippen molar-refractivity contribution in [2.75, 3.05) is 0 Å². The average Bonchev–Trinajstić information content (AvgIpc) is 2.93. The normalized spacial score (nSPS) is 17.8. The van der Waals surface area contributed by atoms with Crippen molar-refractivity contribution in [3.8, 4) is 0 Å². The van der Waals surface area contributed by atoms with Crippen LogP contribution in [0.15, 0.2) is 59.5 Å². The van der Waals surface area contributed by atoms with Crippen LogP contribution in [0.25, 0.3) is 10.9 Å². The maximum absolute atomic E-state index is 13.0. The number of fused-ring (bicyclic) bond motifs is 3. The number of halogens is 1. The topological polar surface area (TPSA) is 51.1 Å². The lowest BCUT2D eigenvalue weighted by Crippen LogP contribution is -2.40. The second-order valence-electron chi connectivity index (χ2n) is 6.12. The first-order chi connectivity index (χ1) is 11.5. The molecule has 0 unspecified atom stereocenters. The molecule has 4 rings (SSSR count). The third-order valence-corrected chi connectivity index (χ3v) is 6.03. The van der Waals surface area contributed by atoms with E-state index in [1.807, 2.05) is 12.1 Å². The van der Waals surface area contributed by atoms with Gasteiger partial charge in [-0.3, -0.25) is 0 Å². The molecule has 2 heterocycles. The fourth-order valence-electron chi connectivity index (χ4n) is 3.32. The summed E-state index contributed by atoms with van der Waals surface area (Å²) in [5.74, 6) is -0.449. The van der Waals surface area contributed by atoms with E-state index in [0.717, 1.165) is 30.5 Å². The largest absolute Gasteiger partial charge is 0.343 e. The summed E-state index contributed by atoms with van der Waals surface area (Å²) >= 11 is 0. The standard InChI is InChI=1S/C18H17FN2O2S/c19-14-5-9-17(10-6-14)24(22,23)20-15-7-8-16-11-13-3-1-2-4-18(13)21(16)12-15/h1-6,9-11,15,20H,7-8,12H2/t15-/m1/s1. The van der Waals surface area contributed by atoms with Gasteiger partial charge in [-0.05, 0) is 54.6 Å². The zero-order chi connectivity index (χ0) is 16.7. The minimum Gasteiger partial charge on any atom is -0.343 e. The summed E-state index contributed by atoms with van der Waals surface area (Å²) in [4.78, 5) is 0.0899. The number of nitrogens with zero attached hydrogens (tertiary/aromatic N) is 1. The van der Waals surface area contributed by atoms with E-state index in [0.29, 0.717) is 6.54 Å². The lowest BCUT2D eigenvalue weighted by Gasteiger charge is -2.26.